The number of halogens is 1. The van der Waals surface area contributed by atoms with Crippen LogP contribution in [0.3, 0.4) is 0 Å². The summed E-state index contributed by atoms with van der Waals surface area (Å²) >= 11 is 5.30. The second-order valence-electron chi connectivity index (χ2n) is 4.21. The molecule has 1 aromatic rings. The van der Waals surface area contributed by atoms with Crippen LogP contribution in [0.15, 0.2) is 15.8 Å². The van der Waals surface area contributed by atoms with E-state index in [0.717, 1.165) is 47.1 Å². The van der Waals surface area contributed by atoms with Gasteiger partial charge in [0.05, 0.1) is 10.6 Å². The maximum atomic E-state index is 5.61. The van der Waals surface area contributed by atoms with Gasteiger partial charge in [0.1, 0.15) is 17.2 Å². The van der Waals surface area contributed by atoms with Crippen LogP contribution in [-0.4, -0.2) is 35.0 Å². The van der Waals surface area contributed by atoms with Crippen molar-refractivity contribution in [1.82, 2.24) is 9.97 Å². The number of aromatic nitrogens is 2. The molecule has 0 radical (unpaired) electrons. The molecule has 1 fully saturated rings. The van der Waals surface area contributed by atoms with Crippen LogP contribution in [0.5, 0.6) is 0 Å². The molecule has 2 heterocycles. The van der Waals surface area contributed by atoms with Gasteiger partial charge in [-0.05, 0) is 35.2 Å². The predicted octanol–water partition coefficient (Wildman–Crippen LogP) is 3.33. The first-order valence-electron chi connectivity index (χ1n) is 6.30. The molecule has 1 N–H and O–H groups in total. The van der Waals surface area contributed by atoms with E-state index in [0.29, 0.717) is 6.10 Å². The summed E-state index contributed by atoms with van der Waals surface area (Å²) in [4.78, 5) is 8.56. The van der Waals surface area contributed by atoms with Crippen molar-refractivity contribution in [2.24, 2.45) is 0 Å². The number of hydrogen-bond donors (Lipinski definition) is 1. The third kappa shape index (κ3) is 3.83. The molecule has 2 rings (SSSR count). The minimum absolute atomic E-state index is 0.379. The summed E-state index contributed by atoms with van der Waals surface area (Å²) in [7, 11) is 0. The van der Waals surface area contributed by atoms with Gasteiger partial charge in [0, 0.05) is 18.9 Å². The highest BCUT2D eigenvalue weighted by atomic mass is 79.9. The van der Waals surface area contributed by atoms with Crippen LogP contribution in [0.2, 0.25) is 0 Å². The van der Waals surface area contributed by atoms with Crippen molar-refractivity contribution in [3.05, 3.63) is 10.8 Å². The fraction of sp³-hybridized carbons (Fsp3) is 0.667. The topological polar surface area (TPSA) is 47.0 Å². The van der Waals surface area contributed by atoms with Gasteiger partial charge >= 0.3 is 0 Å². The summed E-state index contributed by atoms with van der Waals surface area (Å²) in [5, 5.41) is 4.27. The highest BCUT2D eigenvalue weighted by Crippen LogP contribution is 2.31. The summed E-state index contributed by atoms with van der Waals surface area (Å²) in [5.41, 5.74) is 0. The van der Waals surface area contributed by atoms with Gasteiger partial charge < -0.3 is 10.1 Å². The minimum Gasteiger partial charge on any atom is -0.377 e. The number of thioether (sulfide) groups is 1. The van der Waals surface area contributed by atoms with E-state index in [9.17, 15) is 0 Å². The van der Waals surface area contributed by atoms with Crippen molar-refractivity contribution in [3.8, 4) is 0 Å². The van der Waals surface area contributed by atoms with Gasteiger partial charge in [-0.2, -0.15) is 0 Å². The highest BCUT2D eigenvalue weighted by molar-refractivity contribution is 9.10. The Morgan fingerprint density at radius 2 is 2.44 bits per heavy atom. The summed E-state index contributed by atoms with van der Waals surface area (Å²) in [6.45, 7) is 3.96. The Labute approximate surface area is 120 Å². The molecular weight excluding hydrogens is 314 g/mol. The molecule has 1 aliphatic heterocycles. The fourth-order valence-electron chi connectivity index (χ4n) is 1.77. The lowest BCUT2D eigenvalue weighted by Gasteiger charge is -2.11. The monoisotopic (exact) mass is 331 g/mol. The van der Waals surface area contributed by atoms with Gasteiger partial charge in [0.15, 0.2) is 0 Å². The van der Waals surface area contributed by atoms with Gasteiger partial charge in [-0.15, -0.1) is 11.8 Å². The molecule has 0 aliphatic carbocycles. The Hall–Kier alpha value is -0.330. The zero-order chi connectivity index (χ0) is 12.8. The number of hydrogen-bond acceptors (Lipinski definition) is 5. The van der Waals surface area contributed by atoms with E-state index in [-0.39, 0.29) is 0 Å². The zero-order valence-corrected chi connectivity index (χ0v) is 12.9. The maximum Gasteiger partial charge on any atom is 0.144 e. The molecule has 1 aromatic heterocycles. The molecule has 0 bridgehead atoms. The first-order valence-corrected chi connectivity index (χ1v) is 8.08. The van der Waals surface area contributed by atoms with Crippen LogP contribution >= 0.6 is 27.7 Å². The van der Waals surface area contributed by atoms with Crippen LogP contribution in [0.1, 0.15) is 26.2 Å². The normalized spacial score (nSPS) is 19.1. The van der Waals surface area contributed by atoms with E-state index in [1.807, 2.05) is 0 Å². The van der Waals surface area contributed by atoms with Crippen LogP contribution < -0.4 is 5.32 Å². The lowest BCUT2D eigenvalue weighted by Crippen LogP contribution is -2.09. The van der Waals surface area contributed by atoms with Crippen LogP contribution in [0, 0.1) is 0 Å². The van der Waals surface area contributed by atoms with Gasteiger partial charge in [0.2, 0.25) is 0 Å². The summed E-state index contributed by atoms with van der Waals surface area (Å²) in [5.74, 6) is 1.84. The fourth-order valence-corrected chi connectivity index (χ4v) is 3.41. The first-order chi connectivity index (χ1) is 8.81. The van der Waals surface area contributed by atoms with E-state index >= 15 is 0 Å². The van der Waals surface area contributed by atoms with E-state index in [4.69, 9.17) is 4.74 Å². The van der Waals surface area contributed by atoms with Crippen molar-refractivity contribution >= 4 is 33.5 Å². The number of ether oxygens (including phenoxy) is 1. The van der Waals surface area contributed by atoms with E-state index in [1.54, 1.807) is 18.1 Å². The van der Waals surface area contributed by atoms with Crippen molar-refractivity contribution in [1.29, 1.82) is 0 Å². The third-order valence-electron chi connectivity index (χ3n) is 2.73. The first kappa shape index (κ1) is 14.1. The van der Waals surface area contributed by atoms with Crippen molar-refractivity contribution in [3.63, 3.8) is 0 Å². The van der Waals surface area contributed by atoms with Crippen LogP contribution in [0.25, 0.3) is 0 Å². The largest absolute Gasteiger partial charge is 0.377 e. The number of anilines is 1. The molecule has 1 unspecified atom stereocenters. The smallest absolute Gasteiger partial charge is 0.144 e. The quantitative estimate of drug-likeness (QED) is 0.640. The van der Waals surface area contributed by atoms with Gasteiger partial charge in [-0.1, -0.05) is 6.92 Å². The molecule has 1 atom stereocenters. The van der Waals surface area contributed by atoms with Gasteiger partial charge in [-0.3, -0.25) is 0 Å². The van der Waals surface area contributed by atoms with Crippen molar-refractivity contribution in [2.75, 3.05) is 24.2 Å². The highest BCUT2D eigenvalue weighted by Gasteiger charge is 2.17. The average Bonchev–Trinajstić information content (AvgIpc) is 2.89. The molecule has 0 aromatic carbocycles. The van der Waals surface area contributed by atoms with Gasteiger partial charge in [0.25, 0.3) is 0 Å². The summed E-state index contributed by atoms with van der Waals surface area (Å²) < 4.78 is 6.57. The van der Waals surface area contributed by atoms with E-state index in [1.165, 1.54) is 6.42 Å². The second kappa shape index (κ2) is 7.31. The Kier molecular flexibility index (Phi) is 5.72. The Bertz CT molecular complexity index is 386. The predicted molar refractivity (Wildman–Crippen MR) is 78.2 cm³/mol. The lowest BCUT2D eigenvalue weighted by molar-refractivity contribution is 0.129. The van der Waals surface area contributed by atoms with Crippen LogP contribution in [-0.2, 0) is 4.74 Å². The van der Waals surface area contributed by atoms with Crippen molar-refractivity contribution in [2.45, 2.75) is 37.3 Å². The van der Waals surface area contributed by atoms with Crippen molar-refractivity contribution < 1.29 is 4.74 Å². The van der Waals surface area contributed by atoms with Gasteiger partial charge in [-0.25, -0.2) is 9.97 Å². The molecule has 1 saturated heterocycles. The second-order valence-corrected chi connectivity index (χ2v) is 6.02. The average molecular weight is 332 g/mol. The standard InChI is InChI=1S/C12H18BrN3OS/c1-2-5-14-11-10(13)12(16-8-15-11)18-7-9-4-3-6-17-9/h8-9H,2-7H2,1H3,(H,14,15,16). The minimum atomic E-state index is 0.379. The zero-order valence-electron chi connectivity index (χ0n) is 10.5. The Morgan fingerprint density at radius 1 is 1.56 bits per heavy atom. The molecule has 18 heavy (non-hydrogen) atoms. The van der Waals surface area contributed by atoms with E-state index < -0.39 is 0 Å². The maximum absolute atomic E-state index is 5.61. The molecular formula is C12H18BrN3OS. The third-order valence-corrected chi connectivity index (χ3v) is 4.86. The molecule has 6 heteroatoms. The Balaban J connectivity index is 1.94. The number of nitrogens with one attached hydrogen (secondary N) is 1. The molecule has 1 aliphatic rings. The molecule has 4 nitrogen and oxygen atoms in total. The molecule has 0 amide bonds. The van der Waals surface area contributed by atoms with E-state index in [2.05, 4.69) is 38.1 Å². The summed E-state index contributed by atoms with van der Waals surface area (Å²) in [6, 6.07) is 0. The SMILES string of the molecule is CCCNc1ncnc(SCC2CCCO2)c1Br. The number of nitrogens with zero attached hydrogens (tertiary/aromatic N) is 2. The number of rotatable bonds is 6. The molecule has 100 valence electrons. The molecule has 0 saturated carbocycles. The molecule has 0 spiro atoms. The van der Waals surface area contributed by atoms with Crippen LogP contribution in [0.4, 0.5) is 5.82 Å². The lowest BCUT2D eigenvalue weighted by atomic mass is 10.3. The summed E-state index contributed by atoms with van der Waals surface area (Å²) in [6.07, 6.45) is 5.41. The Morgan fingerprint density at radius 3 is 3.17 bits per heavy atom.